The number of anilines is 1. The molecule has 14 heteroatoms. The van der Waals surface area contributed by atoms with E-state index in [0.717, 1.165) is 0 Å². The molecule has 1 saturated heterocycles. The molecule has 3 aromatic rings. The number of para-hydroxylation sites is 1. The van der Waals surface area contributed by atoms with Crippen LogP contribution in [0.1, 0.15) is 49.6 Å². The van der Waals surface area contributed by atoms with Crippen LogP contribution in [0.5, 0.6) is 0 Å². The number of pyridine rings is 1. The van der Waals surface area contributed by atoms with Crippen molar-refractivity contribution in [2.75, 3.05) is 51.6 Å². The topological polar surface area (TPSA) is 191 Å². The number of nitrogens with one attached hydrogen (secondary N) is 3. The molecular formula is C31H34N6O8. The highest BCUT2D eigenvalue weighted by Crippen LogP contribution is 2.30. The summed E-state index contributed by atoms with van der Waals surface area (Å²) in [4.78, 5) is 69.7. The van der Waals surface area contributed by atoms with E-state index in [1.807, 2.05) is 6.07 Å². The average molecular weight is 619 g/mol. The maximum Gasteiger partial charge on any atom is 0.275 e. The summed E-state index contributed by atoms with van der Waals surface area (Å²) in [6.07, 6.45) is 0.402. The normalized spacial score (nSPS) is 16.1. The third-order valence-electron chi connectivity index (χ3n) is 7.36. The highest BCUT2D eigenvalue weighted by molar-refractivity contribution is 6.13. The van der Waals surface area contributed by atoms with Crippen molar-refractivity contribution < 1.29 is 38.2 Å². The molecule has 5 N–H and O–H groups in total. The number of imide groups is 1. The highest BCUT2D eigenvalue weighted by atomic mass is 16.5. The first kappa shape index (κ1) is 31.7. The van der Waals surface area contributed by atoms with Crippen LogP contribution in [0.15, 0.2) is 48.5 Å². The Kier molecular flexibility index (Phi) is 10.4. The van der Waals surface area contributed by atoms with Gasteiger partial charge in [0.2, 0.25) is 11.8 Å². The number of aromatic nitrogens is 1. The second kappa shape index (κ2) is 14.8. The Morgan fingerprint density at radius 1 is 0.956 bits per heavy atom. The summed E-state index contributed by atoms with van der Waals surface area (Å²) in [5.41, 5.74) is 7.13. The van der Waals surface area contributed by atoms with Gasteiger partial charge >= 0.3 is 0 Å². The smallest absolute Gasteiger partial charge is 0.275 e. The fourth-order valence-electron chi connectivity index (χ4n) is 5.14. The van der Waals surface area contributed by atoms with Gasteiger partial charge in [0, 0.05) is 36.1 Å². The molecule has 1 unspecified atom stereocenters. The molecule has 5 rings (SSSR count). The van der Waals surface area contributed by atoms with E-state index in [1.54, 1.807) is 36.4 Å². The summed E-state index contributed by atoms with van der Waals surface area (Å²) in [5, 5.41) is 8.48. The Morgan fingerprint density at radius 2 is 1.71 bits per heavy atom. The van der Waals surface area contributed by atoms with Crippen LogP contribution in [0.2, 0.25) is 0 Å². The SMILES string of the molecule is NCOCCOCCOCCNC(=O)c1cc2ccccc2nc1C(=O)Nc1ccc2c(c1)C(=O)N(C1CCC(=O)NC1=O)C2. The van der Waals surface area contributed by atoms with Crippen molar-refractivity contribution in [1.29, 1.82) is 0 Å². The first-order valence-corrected chi connectivity index (χ1v) is 14.6. The molecule has 0 bridgehead atoms. The molecule has 0 spiro atoms. The Morgan fingerprint density at radius 3 is 2.49 bits per heavy atom. The van der Waals surface area contributed by atoms with Crippen molar-refractivity contribution in [3.05, 3.63) is 70.9 Å². The van der Waals surface area contributed by atoms with Crippen molar-refractivity contribution in [2.24, 2.45) is 5.73 Å². The van der Waals surface area contributed by atoms with Crippen LogP contribution in [-0.4, -0.2) is 91.8 Å². The Bertz CT molecular complexity index is 1610. The van der Waals surface area contributed by atoms with Crippen LogP contribution in [0.4, 0.5) is 5.69 Å². The summed E-state index contributed by atoms with van der Waals surface area (Å²) >= 11 is 0. The molecule has 2 aromatic carbocycles. The quantitative estimate of drug-likeness (QED) is 0.115. The summed E-state index contributed by atoms with van der Waals surface area (Å²) in [6.45, 7) is 2.27. The average Bonchev–Trinajstić information content (AvgIpc) is 3.36. The number of nitrogens with two attached hydrogens (primary N) is 1. The molecule has 45 heavy (non-hydrogen) atoms. The predicted octanol–water partition coefficient (Wildman–Crippen LogP) is 0.944. The van der Waals surface area contributed by atoms with Gasteiger partial charge in [0.05, 0.1) is 50.8 Å². The molecular weight excluding hydrogens is 584 g/mol. The molecule has 0 aliphatic carbocycles. The maximum absolute atomic E-state index is 13.5. The standard InChI is InChI=1S/C31H34N6O8/c32-18-45-14-13-44-12-11-43-10-9-33-28(39)23-15-19-3-1-2-4-24(19)35-27(23)30(41)34-21-6-5-20-17-37(31(42)22(20)16-21)25-7-8-26(38)36-29(25)40/h1-6,15-16,25H,7-14,17-18,32H2,(H,33,39)(H,34,41)(H,36,38,40). The lowest BCUT2D eigenvalue weighted by Crippen LogP contribution is -2.52. The first-order chi connectivity index (χ1) is 21.9. The van der Waals surface area contributed by atoms with Crippen LogP contribution < -0.4 is 21.7 Å². The summed E-state index contributed by atoms with van der Waals surface area (Å²) < 4.78 is 15.8. The number of carbonyl (C=O) groups is 5. The van der Waals surface area contributed by atoms with E-state index in [2.05, 4.69) is 20.9 Å². The van der Waals surface area contributed by atoms with Crippen LogP contribution in [-0.2, 0) is 30.3 Å². The lowest BCUT2D eigenvalue weighted by molar-refractivity contribution is -0.136. The van der Waals surface area contributed by atoms with Gasteiger partial charge in [-0.3, -0.25) is 29.3 Å². The van der Waals surface area contributed by atoms with E-state index in [4.69, 9.17) is 19.9 Å². The number of hydrogen-bond donors (Lipinski definition) is 4. The van der Waals surface area contributed by atoms with Crippen molar-refractivity contribution in [3.63, 3.8) is 0 Å². The highest BCUT2D eigenvalue weighted by Gasteiger charge is 2.39. The van der Waals surface area contributed by atoms with Crippen molar-refractivity contribution in [2.45, 2.75) is 25.4 Å². The number of nitrogens with zero attached hydrogens (tertiary/aromatic N) is 2. The van der Waals surface area contributed by atoms with Gasteiger partial charge in [-0.2, -0.15) is 0 Å². The zero-order chi connectivity index (χ0) is 31.8. The minimum absolute atomic E-state index is 0.0794. The third kappa shape index (κ3) is 7.67. The van der Waals surface area contributed by atoms with Gasteiger partial charge in [-0.05, 0) is 36.2 Å². The van der Waals surface area contributed by atoms with Crippen LogP contribution >= 0.6 is 0 Å². The minimum atomic E-state index is -0.746. The molecule has 0 radical (unpaired) electrons. The minimum Gasteiger partial charge on any atom is -0.377 e. The van der Waals surface area contributed by atoms with Gasteiger partial charge < -0.3 is 35.5 Å². The van der Waals surface area contributed by atoms with Gasteiger partial charge in [-0.15, -0.1) is 0 Å². The molecule has 2 aliphatic rings. The zero-order valence-electron chi connectivity index (χ0n) is 24.5. The second-order valence-electron chi connectivity index (χ2n) is 10.4. The number of fused-ring (bicyclic) bond motifs is 2. The van der Waals surface area contributed by atoms with Crippen LogP contribution in [0.3, 0.4) is 0 Å². The second-order valence-corrected chi connectivity index (χ2v) is 10.4. The largest absolute Gasteiger partial charge is 0.377 e. The van der Waals surface area contributed by atoms with E-state index in [0.29, 0.717) is 54.1 Å². The summed E-state index contributed by atoms with van der Waals surface area (Å²) in [5.74, 6) is -2.36. The van der Waals surface area contributed by atoms with Crippen LogP contribution in [0.25, 0.3) is 10.9 Å². The Hall–Kier alpha value is -4.76. The number of piperidine rings is 1. The molecule has 5 amide bonds. The van der Waals surface area contributed by atoms with Gasteiger partial charge in [-0.25, -0.2) is 4.98 Å². The van der Waals surface area contributed by atoms with Crippen LogP contribution in [0, 0.1) is 0 Å². The van der Waals surface area contributed by atoms with E-state index in [9.17, 15) is 24.0 Å². The molecule has 1 aromatic heterocycles. The monoisotopic (exact) mass is 618 g/mol. The van der Waals surface area contributed by atoms with Gasteiger partial charge in [0.15, 0.2) is 0 Å². The lowest BCUT2D eigenvalue weighted by Gasteiger charge is -2.29. The predicted molar refractivity (Wildman–Crippen MR) is 161 cm³/mol. The molecule has 0 saturated carbocycles. The molecule has 14 nitrogen and oxygen atoms in total. The van der Waals surface area contributed by atoms with E-state index >= 15 is 0 Å². The number of ether oxygens (including phenoxy) is 3. The summed E-state index contributed by atoms with van der Waals surface area (Å²) in [6, 6.07) is 12.9. The Balaban J connectivity index is 1.23. The van der Waals surface area contributed by atoms with Crippen molar-refractivity contribution in [1.82, 2.24) is 20.5 Å². The van der Waals surface area contributed by atoms with Crippen molar-refractivity contribution >= 4 is 46.1 Å². The van der Waals surface area contributed by atoms with Gasteiger partial charge in [-0.1, -0.05) is 24.3 Å². The van der Waals surface area contributed by atoms with Gasteiger partial charge in [0.25, 0.3) is 17.7 Å². The Labute approximate surface area is 258 Å². The number of benzene rings is 2. The van der Waals surface area contributed by atoms with E-state index in [-0.39, 0.29) is 62.3 Å². The molecule has 3 heterocycles. The third-order valence-corrected chi connectivity index (χ3v) is 7.36. The van der Waals surface area contributed by atoms with E-state index < -0.39 is 23.8 Å². The summed E-state index contributed by atoms with van der Waals surface area (Å²) in [7, 11) is 0. The van der Waals surface area contributed by atoms with E-state index in [1.165, 1.54) is 11.0 Å². The number of carbonyl (C=O) groups excluding carboxylic acids is 5. The number of amides is 5. The molecule has 1 fully saturated rings. The number of hydrogen-bond acceptors (Lipinski definition) is 10. The molecule has 2 aliphatic heterocycles. The lowest BCUT2D eigenvalue weighted by atomic mass is 10.0. The van der Waals surface area contributed by atoms with Crippen molar-refractivity contribution in [3.8, 4) is 0 Å². The zero-order valence-corrected chi connectivity index (χ0v) is 24.5. The molecule has 1 atom stereocenters. The first-order valence-electron chi connectivity index (χ1n) is 14.6. The van der Waals surface area contributed by atoms with Gasteiger partial charge in [0.1, 0.15) is 11.7 Å². The fourth-order valence-corrected chi connectivity index (χ4v) is 5.14. The fraction of sp³-hybridized carbons (Fsp3) is 0.355. The number of rotatable bonds is 14. The maximum atomic E-state index is 13.5. The molecule has 236 valence electrons.